The molecule has 0 unspecified atom stereocenters. The van der Waals surface area contributed by atoms with E-state index in [4.69, 9.17) is 0 Å². The van der Waals surface area contributed by atoms with Crippen molar-refractivity contribution < 1.29 is 0 Å². The minimum atomic E-state index is -1.12. The molecule has 1 aliphatic rings. The second-order valence-electron chi connectivity index (χ2n) is 4.22. The van der Waals surface area contributed by atoms with Gasteiger partial charge in [0.1, 0.15) is 8.07 Å². The third-order valence-electron chi connectivity index (χ3n) is 1.52. The summed E-state index contributed by atoms with van der Waals surface area (Å²) in [4.78, 5) is 0. The Morgan fingerprint density at radius 1 is 1.27 bits per heavy atom. The second kappa shape index (κ2) is 3.28. The number of rotatable bonds is 1. The van der Waals surface area contributed by atoms with E-state index in [1.165, 1.54) is 12.8 Å². The lowest BCUT2D eigenvalue weighted by atomic mass is 10.4. The van der Waals surface area contributed by atoms with Gasteiger partial charge in [0.05, 0.1) is 0 Å². The monoisotopic (exact) mass is 164 g/mol. The quantitative estimate of drug-likeness (QED) is 0.413. The molecule has 1 fully saturated rings. The highest BCUT2D eigenvalue weighted by Gasteiger charge is 2.16. The second-order valence-corrected chi connectivity index (χ2v) is 8.97. The Hall–Kier alpha value is -0.483. The van der Waals surface area contributed by atoms with Crippen LogP contribution >= 0.6 is 0 Å². The summed E-state index contributed by atoms with van der Waals surface area (Å²) in [5.74, 6) is 3.99. The molecule has 0 amide bonds. The van der Waals surface area contributed by atoms with E-state index in [1.54, 1.807) is 0 Å². The Bertz CT molecular complexity index is 205. The molecule has 0 bridgehead atoms. The predicted octanol–water partition coefficient (Wildman–Crippen LogP) is 2.83. The third-order valence-corrected chi connectivity index (χ3v) is 2.42. The Kier molecular flexibility index (Phi) is 2.56. The summed E-state index contributed by atoms with van der Waals surface area (Å²) in [5.41, 5.74) is 3.31. The first-order valence-electron chi connectivity index (χ1n) is 4.27. The van der Waals surface area contributed by atoms with E-state index in [2.05, 4.69) is 37.2 Å². The van der Waals surface area contributed by atoms with Gasteiger partial charge in [0.15, 0.2) is 0 Å². The van der Waals surface area contributed by atoms with Crippen molar-refractivity contribution in [1.29, 1.82) is 0 Å². The van der Waals surface area contributed by atoms with Crippen LogP contribution in [0.5, 0.6) is 0 Å². The van der Waals surface area contributed by atoms with Crippen molar-refractivity contribution in [2.24, 2.45) is 5.92 Å². The van der Waals surface area contributed by atoms with Crippen molar-refractivity contribution in [1.82, 2.24) is 0 Å². The van der Waals surface area contributed by atoms with Gasteiger partial charge in [0.25, 0.3) is 0 Å². The molecule has 1 saturated carbocycles. The lowest BCUT2D eigenvalue weighted by Crippen LogP contribution is -2.16. The molecule has 11 heavy (non-hydrogen) atoms. The Labute approximate surface area is 70.7 Å². The molecule has 0 heterocycles. The zero-order valence-corrected chi connectivity index (χ0v) is 8.65. The summed E-state index contributed by atoms with van der Waals surface area (Å²) in [6, 6.07) is 0. The fraction of sp³-hybridized carbons (Fsp3) is 0.600. The van der Waals surface area contributed by atoms with E-state index in [0.29, 0.717) is 0 Å². The van der Waals surface area contributed by atoms with Crippen LogP contribution in [-0.2, 0) is 0 Å². The van der Waals surface area contributed by atoms with Gasteiger partial charge < -0.3 is 0 Å². The van der Waals surface area contributed by atoms with Crippen LogP contribution < -0.4 is 0 Å². The van der Waals surface area contributed by atoms with Gasteiger partial charge >= 0.3 is 0 Å². The first kappa shape index (κ1) is 8.61. The number of allylic oxidation sites excluding steroid dienone is 2. The number of hydrogen-bond donors (Lipinski definition) is 0. The third kappa shape index (κ3) is 4.86. The molecule has 0 aliphatic heterocycles. The molecular weight excluding hydrogens is 148 g/mol. The highest BCUT2D eigenvalue weighted by atomic mass is 28.3. The fourth-order valence-electron chi connectivity index (χ4n) is 0.731. The summed E-state index contributed by atoms with van der Waals surface area (Å²) in [5, 5.41) is 0. The van der Waals surface area contributed by atoms with Crippen LogP contribution in [0, 0.1) is 17.4 Å². The van der Waals surface area contributed by atoms with Gasteiger partial charge in [-0.15, -0.1) is 5.54 Å². The Morgan fingerprint density at radius 2 is 1.91 bits per heavy atom. The summed E-state index contributed by atoms with van der Waals surface area (Å²) >= 11 is 0. The summed E-state index contributed by atoms with van der Waals surface area (Å²) in [6.07, 6.45) is 7.04. The van der Waals surface area contributed by atoms with E-state index < -0.39 is 8.07 Å². The van der Waals surface area contributed by atoms with Gasteiger partial charge in [0.2, 0.25) is 0 Å². The molecule has 0 N–H and O–H groups in total. The summed E-state index contributed by atoms with van der Waals surface area (Å²) in [6.45, 7) is 6.81. The maximum Gasteiger partial charge on any atom is 0.129 e. The normalized spacial score (nSPS) is 18.1. The Balaban J connectivity index is 2.31. The van der Waals surface area contributed by atoms with Crippen LogP contribution in [0.15, 0.2) is 12.2 Å². The lowest BCUT2D eigenvalue weighted by molar-refractivity contribution is 1.13. The maximum atomic E-state index is 3.31. The molecule has 1 rings (SSSR count). The van der Waals surface area contributed by atoms with Gasteiger partial charge in [-0.1, -0.05) is 31.6 Å². The van der Waals surface area contributed by atoms with E-state index >= 15 is 0 Å². The van der Waals surface area contributed by atoms with E-state index in [9.17, 15) is 0 Å². The standard InChI is InChI=1S/C10H16Si/c1-11(2,3)9-5-4-6-10-7-8-10/h4,6,10H,7-8H2,1-3H3/b6-4+. The lowest BCUT2D eigenvalue weighted by Gasteiger charge is -2.01. The van der Waals surface area contributed by atoms with Crippen LogP contribution in [0.2, 0.25) is 19.6 Å². The smallest absolute Gasteiger partial charge is 0.127 e. The molecule has 0 nitrogen and oxygen atoms in total. The van der Waals surface area contributed by atoms with Crippen LogP contribution in [0.3, 0.4) is 0 Å². The minimum Gasteiger partial charge on any atom is -0.127 e. The predicted molar refractivity (Wildman–Crippen MR) is 53.0 cm³/mol. The first-order valence-corrected chi connectivity index (χ1v) is 7.77. The number of hydrogen-bond acceptors (Lipinski definition) is 0. The molecule has 0 spiro atoms. The van der Waals surface area contributed by atoms with E-state index in [0.717, 1.165) is 5.92 Å². The highest BCUT2D eigenvalue weighted by Crippen LogP contribution is 2.29. The molecule has 1 aliphatic carbocycles. The largest absolute Gasteiger partial charge is 0.129 e. The molecule has 0 aromatic carbocycles. The first-order chi connectivity index (χ1) is 5.08. The van der Waals surface area contributed by atoms with Crippen LogP contribution in [-0.4, -0.2) is 8.07 Å². The van der Waals surface area contributed by atoms with Crippen molar-refractivity contribution in [3.8, 4) is 11.5 Å². The zero-order chi connectivity index (χ0) is 8.32. The van der Waals surface area contributed by atoms with Crippen molar-refractivity contribution in [2.45, 2.75) is 32.5 Å². The van der Waals surface area contributed by atoms with Crippen molar-refractivity contribution >= 4 is 8.07 Å². The van der Waals surface area contributed by atoms with Gasteiger partial charge in [-0.3, -0.25) is 0 Å². The van der Waals surface area contributed by atoms with Crippen LogP contribution in [0.1, 0.15) is 12.8 Å². The maximum absolute atomic E-state index is 3.31. The molecule has 0 radical (unpaired) electrons. The van der Waals surface area contributed by atoms with Crippen LogP contribution in [0.25, 0.3) is 0 Å². The fourth-order valence-corrected chi connectivity index (χ4v) is 1.25. The van der Waals surface area contributed by atoms with Crippen molar-refractivity contribution in [2.75, 3.05) is 0 Å². The highest BCUT2D eigenvalue weighted by molar-refractivity contribution is 6.83. The molecule has 0 aromatic rings. The zero-order valence-electron chi connectivity index (χ0n) is 7.65. The van der Waals surface area contributed by atoms with Crippen molar-refractivity contribution in [3.05, 3.63) is 12.2 Å². The van der Waals surface area contributed by atoms with E-state index in [-0.39, 0.29) is 0 Å². The summed E-state index contributed by atoms with van der Waals surface area (Å²) in [7, 11) is -1.12. The Morgan fingerprint density at radius 3 is 2.36 bits per heavy atom. The van der Waals surface area contributed by atoms with E-state index in [1.807, 2.05) is 6.08 Å². The molecule has 60 valence electrons. The SMILES string of the molecule is C[Si](C)(C)C#C/C=C/C1CC1. The van der Waals surface area contributed by atoms with Gasteiger partial charge in [-0.05, 0) is 24.8 Å². The average Bonchev–Trinajstić information content (AvgIpc) is 2.60. The molecule has 0 atom stereocenters. The van der Waals surface area contributed by atoms with Gasteiger partial charge in [-0.25, -0.2) is 0 Å². The molecular formula is C10H16Si. The minimum absolute atomic E-state index is 0.867. The molecule has 0 saturated heterocycles. The molecule has 1 heteroatoms. The molecule has 0 aromatic heterocycles. The topological polar surface area (TPSA) is 0 Å². The summed E-state index contributed by atoms with van der Waals surface area (Å²) < 4.78 is 0. The van der Waals surface area contributed by atoms with Crippen molar-refractivity contribution in [3.63, 3.8) is 0 Å². The van der Waals surface area contributed by atoms with Gasteiger partial charge in [-0.2, -0.15) is 0 Å². The van der Waals surface area contributed by atoms with Crippen LogP contribution in [0.4, 0.5) is 0 Å². The van der Waals surface area contributed by atoms with Gasteiger partial charge in [0, 0.05) is 0 Å². The average molecular weight is 164 g/mol.